The van der Waals surface area contributed by atoms with Crippen LogP contribution in [0.2, 0.25) is 0 Å². The Morgan fingerprint density at radius 1 is 1.11 bits per heavy atom. The van der Waals surface area contributed by atoms with Gasteiger partial charge in [0.1, 0.15) is 30.2 Å². The topological polar surface area (TPSA) is 87.8 Å². The van der Waals surface area contributed by atoms with Gasteiger partial charge in [0.25, 0.3) is 0 Å². The van der Waals surface area contributed by atoms with Crippen molar-refractivity contribution in [3.05, 3.63) is 88.2 Å². The number of fused-ring (bicyclic) bond motifs is 3. The molecule has 194 valence electrons. The van der Waals surface area contributed by atoms with Crippen molar-refractivity contribution in [1.82, 2.24) is 19.6 Å². The number of aromatic nitrogens is 4. The number of nitrogens with zero attached hydrogens (tertiary/aromatic N) is 4. The van der Waals surface area contributed by atoms with Crippen LogP contribution in [0.4, 0.5) is 0 Å². The van der Waals surface area contributed by atoms with Crippen molar-refractivity contribution in [3.8, 4) is 17.4 Å². The molecule has 1 aliphatic heterocycles. The zero-order valence-corrected chi connectivity index (χ0v) is 22.2. The molecule has 6 rings (SSSR count). The van der Waals surface area contributed by atoms with Crippen molar-refractivity contribution < 1.29 is 19.0 Å². The SMILES string of the molecule is COc1ccc([C@H]2C3=C(CC(C)(C)CC3=O)Oc3ncn4nc(COc5cccc(C)c5C)nc4c32)cc1. The molecule has 0 bridgehead atoms. The van der Waals surface area contributed by atoms with E-state index in [0.717, 1.165) is 33.8 Å². The van der Waals surface area contributed by atoms with Gasteiger partial charge in [0, 0.05) is 24.3 Å². The molecule has 8 heteroatoms. The van der Waals surface area contributed by atoms with Crippen molar-refractivity contribution in [3.63, 3.8) is 0 Å². The quantitative estimate of drug-likeness (QED) is 0.350. The summed E-state index contributed by atoms with van der Waals surface area (Å²) in [4.78, 5) is 23.0. The summed E-state index contributed by atoms with van der Waals surface area (Å²) in [6.45, 7) is 8.47. The standard InChI is InChI=1S/C30H30N4O4/c1-17-7-6-8-22(18(17)2)37-15-24-32-28-27-25(19-9-11-20(36-5)12-10-19)26-21(35)13-30(3,4)14-23(26)38-29(27)31-16-34(28)33-24/h6-12,16,25H,13-15H2,1-5H3/t25-/m0/s1. The number of carbonyl (C=O) groups is 1. The van der Waals surface area contributed by atoms with E-state index in [1.807, 2.05) is 43.3 Å². The Labute approximate surface area is 221 Å². The number of hydrogen-bond donors (Lipinski definition) is 0. The van der Waals surface area contributed by atoms with Crippen molar-refractivity contribution >= 4 is 11.4 Å². The highest BCUT2D eigenvalue weighted by atomic mass is 16.5. The molecule has 0 fully saturated rings. The summed E-state index contributed by atoms with van der Waals surface area (Å²) >= 11 is 0. The lowest BCUT2D eigenvalue weighted by Crippen LogP contribution is -2.33. The lowest BCUT2D eigenvalue weighted by Gasteiger charge is -2.37. The van der Waals surface area contributed by atoms with Gasteiger partial charge in [-0.25, -0.2) is 14.5 Å². The van der Waals surface area contributed by atoms with E-state index in [-0.39, 0.29) is 23.7 Å². The van der Waals surface area contributed by atoms with E-state index in [2.05, 4.69) is 36.9 Å². The molecule has 1 aliphatic carbocycles. The average molecular weight is 511 g/mol. The zero-order valence-electron chi connectivity index (χ0n) is 22.2. The lowest BCUT2D eigenvalue weighted by atomic mass is 9.70. The van der Waals surface area contributed by atoms with Gasteiger partial charge in [0.05, 0.1) is 12.7 Å². The van der Waals surface area contributed by atoms with Gasteiger partial charge in [-0.05, 0) is 54.2 Å². The summed E-state index contributed by atoms with van der Waals surface area (Å²) in [6, 6.07) is 13.8. The largest absolute Gasteiger partial charge is 0.497 e. The van der Waals surface area contributed by atoms with E-state index in [9.17, 15) is 4.79 Å². The molecule has 4 aromatic rings. The number of benzene rings is 2. The van der Waals surface area contributed by atoms with Crippen molar-refractivity contribution in [1.29, 1.82) is 0 Å². The van der Waals surface area contributed by atoms with Gasteiger partial charge >= 0.3 is 0 Å². The van der Waals surface area contributed by atoms with Gasteiger partial charge < -0.3 is 14.2 Å². The van der Waals surface area contributed by atoms with Crippen LogP contribution in [0.1, 0.15) is 60.7 Å². The normalized spacial score (nSPS) is 18.1. The number of methoxy groups -OCH3 is 1. The fraction of sp³-hybridized carbons (Fsp3) is 0.333. The molecule has 0 amide bonds. The van der Waals surface area contributed by atoms with E-state index in [0.29, 0.717) is 41.5 Å². The van der Waals surface area contributed by atoms with Crippen LogP contribution in [0.5, 0.6) is 17.4 Å². The van der Waals surface area contributed by atoms with E-state index >= 15 is 0 Å². The second-order valence-electron chi connectivity index (χ2n) is 10.8. The van der Waals surface area contributed by atoms with Crippen LogP contribution in [-0.4, -0.2) is 32.5 Å². The van der Waals surface area contributed by atoms with Gasteiger partial charge in [0.2, 0.25) is 5.88 Å². The Bertz CT molecular complexity index is 1600. The molecule has 8 nitrogen and oxygen atoms in total. The number of carbonyl (C=O) groups excluding carboxylic acids is 1. The third-order valence-electron chi connectivity index (χ3n) is 7.47. The first-order valence-corrected chi connectivity index (χ1v) is 12.8. The number of ether oxygens (including phenoxy) is 3. The molecule has 0 unspecified atom stereocenters. The molecule has 38 heavy (non-hydrogen) atoms. The fourth-order valence-electron chi connectivity index (χ4n) is 5.40. The van der Waals surface area contributed by atoms with Crippen LogP contribution < -0.4 is 14.2 Å². The van der Waals surface area contributed by atoms with Crippen LogP contribution in [0.3, 0.4) is 0 Å². The highest BCUT2D eigenvalue weighted by molar-refractivity contribution is 6.00. The molecule has 2 aromatic carbocycles. The first kappa shape index (κ1) is 24.2. The van der Waals surface area contributed by atoms with E-state index in [4.69, 9.17) is 19.2 Å². The van der Waals surface area contributed by atoms with Crippen LogP contribution >= 0.6 is 0 Å². The van der Waals surface area contributed by atoms with E-state index in [1.54, 1.807) is 18.0 Å². The predicted octanol–water partition coefficient (Wildman–Crippen LogP) is 5.50. The average Bonchev–Trinajstić information content (AvgIpc) is 3.31. The van der Waals surface area contributed by atoms with Crippen molar-refractivity contribution in [2.24, 2.45) is 5.41 Å². The minimum absolute atomic E-state index is 0.0858. The van der Waals surface area contributed by atoms with Gasteiger partial charge in [-0.15, -0.1) is 5.10 Å². The Kier molecular flexibility index (Phi) is 5.70. The van der Waals surface area contributed by atoms with Crippen molar-refractivity contribution in [2.45, 2.75) is 53.1 Å². The van der Waals surface area contributed by atoms with E-state index < -0.39 is 0 Å². The third kappa shape index (κ3) is 4.10. The molecule has 0 N–H and O–H groups in total. The third-order valence-corrected chi connectivity index (χ3v) is 7.47. The van der Waals surface area contributed by atoms with Crippen LogP contribution in [0, 0.1) is 19.3 Å². The minimum atomic E-state index is -0.378. The number of aryl methyl sites for hydroxylation is 1. The Hall–Kier alpha value is -4.20. The molecule has 2 aromatic heterocycles. The highest BCUT2D eigenvalue weighted by Crippen LogP contribution is 2.50. The summed E-state index contributed by atoms with van der Waals surface area (Å²) in [7, 11) is 1.64. The molecule has 3 heterocycles. The molecule has 2 aliphatic rings. The Morgan fingerprint density at radius 2 is 1.89 bits per heavy atom. The Morgan fingerprint density at radius 3 is 2.66 bits per heavy atom. The van der Waals surface area contributed by atoms with Gasteiger partial charge in [0.15, 0.2) is 17.3 Å². The first-order valence-electron chi connectivity index (χ1n) is 12.8. The summed E-state index contributed by atoms with van der Waals surface area (Å²) in [5.41, 5.74) is 5.01. The number of rotatable bonds is 5. The predicted molar refractivity (Wildman–Crippen MR) is 142 cm³/mol. The second-order valence-corrected chi connectivity index (χ2v) is 10.8. The van der Waals surface area contributed by atoms with E-state index in [1.165, 1.54) is 0 Å². The molecule has 0 spiro atoms. The maximum atomic E-state index is 13.6. The van der Waals surface area contributed by atoms with Gasteiger partial charge in [-0.2, -0.15) is 0 Å². The molecular weight excluding hydrogens is 480 g/mol. The molecule has 0 saturated heterocycles. The highest BCUT2D eigenvalue weighted by Gasteiger charge is 2.44. The monoisotopic (exact) mass is 510 g/mol. The molecule has 1 atom stereocenters. The molecule has 0 radical (unpaired) electrons. The smallest absolute Gasteiger partial charge is 0.228 e. The maximum Gasteiger partial charge on any atom is 0.228 e. The maximum absolute atomic E-state index is 13.6. The Balaban J connectivity index is 1.45. The fourth-order valence-corrected chi connectivity index (χ4v) is 5.40. The van der Waals surface area contributed by atoms with Gasteiger partial charge in [-0.1, -0.05) is 38.1 Å². The summed E-state index contributed by atoms with van der Waals surface area (Å²) in [5.74, 6) is 2.92. The summed E-state index contributed by atoms with van der Waals surface area (Å²) in [6.07, 6.45) is 2.72. The van der Waals surface area contributed by atoms with Crippen LogP contribution in [-0.2, 0) is 11.4 Å². The van der Waals surface area contributed by atoms with Crippen molar-refractivity contribution in [2.75, 3.05) is 7.11 Å². The molecule has 0 saturated carbocycles. The zero-order chi connectivity index (χ0) is 26.6. The number of allylic oxidation sites excluding steroid dienone is 2. The molecular formula is C30H30N4O4. The minimum Gasteiger partial charge on any atom is -0.497 e. The number of ketones is 1. The summed E-state index contributed by atoms with van der Waals surface area (Å²) < 4.78 is 19.4. The number of hydrogen-bond acceptors (Lipinski definition) is 7. The summed E-state index contributed by atoms with van der Waals surface area (Å²) in [5, 5.41) is 4.63. The first-order chi connectivity index (χ1) is 18.2. The van der Waals surface area contributed by atoms with Crippen LogP contribution in [0.15, 0.2) is 60.1 Å². The number of Topliss-reactive ketones (excluding diaryl/α,β-unsaturated/α-hetero) is 1. The lowest BCUT2D eigenvalue weighted by molar-refractivity contribution is -0.118. The second kappa shape index (κ2) is 8.97. The van der Waals surface area contributed by atoms with Gasteiger partial charge in [-0.3, -0.25) is 4.79 Å². The van der Waals surface area contributed by atoms with Crippen LogP contribution in [0.25, 0.3) is 5.65 Å².